The van der Waals surface area contributed by atoms with Crippen LogP contribution in [0, 0.1) is 5.82 Å². The second kappa shape index (κ2) is 19.7. The smallest absolute Gasteiger partial charge is 0.425 e. The summed E-state index contributed by atoms with van der Waals surface area (Å²) in [6.45, 7) is 14.2. The molecule has 0 radical (unpaired) electrons. The van der Waals surface area contributed by atoms with Gasteiger partial charge < -0.3 is 35.3 Å². The maximum atomic E-state index is 15.5. The van der Waals surface area contributed by atoms with Gasteiger partial charge in [-0.05, 0) is 139 Å². The highest BCUT2D eigenvalue weighted by atomic mass is 32.2. The predicted octanol–water partition coefficient (Wildman–Crippen LogP) is 9.26. The molecule has 1 aliphatic carbocycles. The maximum absolute atomic E-state index is 15.5. The van der Waals surface area contributed by atoms with Crippen molar-refractivity contribution in [3.8, 4) is 5.75 Å². The topological polar surface area (TPSA) is 203 Å². The first-order valence-electron chi connectivity index (χ1n) is 20.9. The van der Waals surface area contributed by atoms with E-state index in [1.54, 1.807) is 78.9 Å². The maximum Gasteiger partial charge on any atom is 0.425 e. The van der Waals surface area contributed by atoms with Gasteiger partial charge in [-0.25, -0.2) is 32.2 Å². The van der Waals surface area contributed by atoms with Gasteiger partial charge in [0.15, 0.2) is 21.7 Å². The lowest BCUT2D eigenvalue weighted by atomic mass is 9.92. The Morgan fingerprint density at radius 2 is 1.57 bits per heavy atom. The number of ether oxygens (including phenoxy) is 3. The molecule has 4 N–H and O–H groups in total. The minimum atomic E-state index is -3.47. The largest absolute Gasteiger partial charge is 0.493 e. The normalized spacial score (nSPS) is 14.1. The summed E-state index contributed by atoms with van der Waals surface area (Å²) in [6, 6.07) is 12.6. The van der Waals surface area contributed by atoms with E-state index >= 15 is 4.39 Å². The van der Waals surface area contributed by atoms with E-state index in [4.69, 9.17) is 14.2 Å². The number of carboxylic acids is 1. The number of halogens is 1. The second-order valence-corrected chi connectivity index (χ2v) is 19.8. The average molecular weight is 892 g/mol. The van der Waals surface area contributed by atoms with Crippen LogP contribution in [0.25, 0.3) is 10.8 Å². The lowest BCUT2D eigenvalue weighted by molar-refractivity contribution is -0.138. The second-order valence-electron chi connectivity index (χ2n) is 17.7. The van der Waals surface area contributed by atoms with Crippen LogP contribution in [0.3, 0.4) is 0 Å². The molecule has 0 aliphatic heterocycles. The number of amides is 3. The molecule has 1 aromatic heterocycles. The first-order chi connectivity index (χ1) is 29.5. The first-order valence-corrected chi connectivity index (χ1v) is 22.5. The molecule has 1 saturated carbocycles. The Hall–Kier alpha value is -5.81. The van der Waals surface area contributed by atoms with Gasteiger partial charge in [-0.3, -0.25) is 4.79 Å². The highest BCUT2D eigenvalue weighted by Gasteiger charge is 2.38. The Morgan fingerprint density at radius 3 is 2.16 bits per heavy atom. The zero-order chi connectivity index (χ0) is 46.4. The number of hydrogen-bond donors (Lipinski definition) is 4. The number of carbonyl (C=O) groups is 4. The van der Waals surface area contributed by atoms with E-state index in [1.807, 2.05) is 13.8 Å². The van der Waals surface area contributed by atoms with Crippen molar-refractivity contribution in [2.24, 2.45) is 0 Å². The van der Waals surface area contributed by atoms with Crippen molar-refractivity contribution in [1.29, 1.82) is 0 Å². The van der Waals surface area contributed by atoms with Crippen LogP contribution in [0.5, 0.6) is 5.75 Å². The van der Waals surface area contributed by atoms with Crippen LogP contribution in [0.4, 0.5) is 31.2 Å². The van der Waals surface area contributed by atoms with Crippen LogP contribution in [-0.4, -0.2) is 72.7 Å². The summed E-state index contributed by atoms with van der Waals surface area (Å²) in [7, 11) is -1.75. The molecule has 1 unspecified atom stereocenters. The van der Waals surface area contributed by atoms with Gasteiger partial charge in [0.1, 0.15) is 22.8 Å². The van der Waals surface area contributed by atoms with E-state index in [1.165, 1.54) is 24.3 Å². The van der Waals surface area contributed by atoms with Crippen molar-refractivity contribution in [2.45, 2.75) is 127 Å². The van der Waals surface area contributed by atoms with Gasteiger partial charge in [0, 0.05) is 35.1 Å². The third-order valence-electron chi connectivity index (χ3n) is 9.87. The Labute approximate surface area is 368 Å². The molecule has 5 rings (SSSR count). The Balaban J connectivity index is 1.44. The minimum absolute atomic E-state index is 0.0217. The fraction of sp³-hybridized carbons (Fsp3) is 0.457. The third-order valence-corrected chi connectivity index (χ3v) is 12.2. The Morgan fingerprint density at radius 1 is 0.921 bits per heavy atom. The molecule has 2 atom stereocenters. The van der Waals surface area contributed by atoms with Crippen LogP contribution in [0.15, 0.2) is 65.7 Å². The predicted molar refractivity (Wildman–Crippen MR) is 239 cm³/mol. The van der Waals surface area contributed by atoms with Crippen LogP contribution >= 0.6 is 0 Å². The zero-order valence-electron chi connectivity index (χ0n) is 37.3. The van der Waals surface area contributed by atoms with Gasteiger partial charge in [-0.2, -0.15) is 4.90 Å². The number of imide groups is 1. The number of unbranched alkanes of at least 4 members (excludes halogenated alkanes) is 1. The van der Waals surface area contributed by atoms with Gasteiger partial charge in [0.2, 0.25) is 5.91 Å². The lowest BCUT2D eigenvalue weighted by Crippen LogP contribution is -2.44. The number of rotatable bonds is 17. The molecule has 63 heavy (non-hydrogen) atoms. The number of sulfone groups is 1. The Kier molecular flexibility index (Phi) is 15.1. The molecule has 3 aromatic carbocycles. The summed E-state index contributed by atoms with van der Waals surface area (Å²) in [5.41, 5.74) is 0.0639. The molecule has 17 heteroatoms. The van der Waals surface area contributed by atoms with Crippen LogP contribution in [-0.2, 0) is 35.4 Å². The number of aromatic nitrogens is 1. The van der Waals surface area contributed by atoms with Crippen molar-refractivity contribution in [2.75, 3.05) is 29.2 Å². The molecule has 1 aliphatic rings. The monoisotopic (exact) mass is 891 g/mol. The number of hydrogen-bond acceptors (Lipinski definition) is 12. The van der Waals surface area contributed by atoms with Crippen LogP contribution < -0.4 is 25.6 Å². The average Bonchev–Trinajstić information content (AvgIpc) is 4.04. The van der Waals surface area contributed by atoms with Gasteiger partial charge >= 0.3 is 18.2 Å². The fourth-order valence-corrected chi connectivity index (χ4v) is 8.66. The molecule has 1 heterocycles. The summed E-state index contributed by atoms with van der Waals surface area (Å²) in [5.74, 6) is -2.66. The van der Waals surface area contributed by atoms with Gasteiger partial charge in [-0.1, -0.05) is 26.3 Å². The van der Waals surface area contributed by atoms with Crippen LogP contribution in [0.2, 0.25) is 0 Å². The lowest BCUT2D eigenvalue weighted by Gasteiger charge is -2.28. The molecule has 15 nitrogen and oxygen atoms in total. The minimum Gasteiger partial charge on any atom is -0.493 e. The number of aliphatic carboxylic acids is 1. The molecule has 0 spiro atoms. The molecule has 340 valence electrons. The zero-order valence-corrected chi connectivity index (χ0v) is 38.1. The van der Waals surface area contributed by atoms with Crippen molar-refractivity contribution >= 4 is 61.9 Å². The number of nitrogens with zero attached hydrogens (tertiary/aromatic N) is 2. The first kappa shape index (κ1) is 48.2. The van der Waals surface area contributed by atoms with Gasteiger partial charge in [0.25, 0.3) is 0 Å². The third kappa shape index (κ3) is 12.4. The van der Waals surface area contributed by atoms with E-state index in [0.29, 0.717) is 59.0 Å². The number of carbonyl (C=O) groups excluding carboxylic acids is 3. The number of benzene rings is 3. The van der Waals surface area contributed by atoms with E-state index in [-0.39, 0.29) is 44.8 Å². The number of carboxylic acid groups (broad SMARTS) is 1. The van der Waals surface area contributed by atoms with Crippen molar-refractivity contribution in [3.63, 3.8) is 0 Å². The number of anilines is 3. The molecular formula is C46H58FN5O10S. The Bertz CT molecular complexity index is 2430. The summed E-state index contributed by atoms with van der Waals surface area (Å²) in [5, 5.41) is 19.0. The molecular weight excluding hydrogens is 834 g/mol. The summed E-state index contributed by atoms with van der Waals surface area (Å²) < 4.78 is 58.8. The molecule has 0 bridgehead atoms. The van der Waals surface area contributed by atoms with Gasteiger partial charge in [-0.15, -0.1) is 0 Å². The molecule has 3 amide bonds. The summed E-state index contributed by atoms with van der Waals surface area (Å²) in [4.78, 5) is 58.2. The molecule has 4 aromatic rings. The van der Waals surface area contributed by atoms with E-state index < -0.39 is 57.0 Å². The molecule has 1 fully saturated rings. The highest BCUT2D eigenvalue weighted by Crippen LogP contribution is 2.38. The van der Waals surface area contributed by atoms with E-state index in [2.05, 4.69) is 20.9 Å². The van der Waals surface area contributed by atoms with Crippen LogP contribution in [0.1, 0.15) is 116 Å². The quantitative estimate of drug-likeness (QED) is 0.0731. The highest BCUT2D eigenvalue weighted by molar-refractivity contribution is 7.92. The number of pyridine rings is 1. The van der Waals surface area contributed by atoms with Crippen molar-refractivity contribution in [3.05, 3.63) is 83.3 Å². The molecule has 0 saturated heterocycles. The summed E-state index contributed by atoms with van der Waals surface area (Å²) >= 11 is 0. The van der Waals surface area contributed by atoms with Crippen molar-refractivity contribution < 1.29 is 51.3 Å². The van der Waals surface area contributed by atoms with Gasteiger partial charge in [0.05, 0.1) is 22.9 Å². The number of fused-ring (bicyclic) bond motifs is 1. The fourth-order valence-electron chi connectivity index (χ4n) is 6.79. The summed E-state index contributed by atoms with van der Waals surface area (Å²) in [6.07, 6.45) is 1.53. The van der Waals surface area contributed by atoms with E-state index in [0.717, 1.165) is 19.0 Å². The number of nitrogens with one attached hydrogen (secondary N) is 3. The van der Waals surface area contributed by atoms with Crippen molar-refractivity contribution in [1.82, 2.24) is 10.3 Å². The van der Waals surface area contributed by atoms with E-state index in [9.17, 15) is 32.7 Å². The SMILES string of the molecule is CCCCOc1ccc(C(Nc2ccc3c(N(C(=O)OC(C)(C)C)C(=O)OC(C)(C)C)ncc(F)c3c2)C(=O)O)cc1[C@H](C)CC(=O)Nc1ccc(S(=O)(=O)C2CC2)c(CNC)c1. The standard InChI is InChI=1S/C46H58FN5O10S/c1-10-11-20-60-37-18-12-28(23-34(37)27(2)21-39(53)50-30-14-19-38(29(22-30)25-48-9)63(58,59)32-15-16-32)40(42(54)55)51-31-13-17-33-35(24-31)36(47)26-49-41(33)52(43(56)61-45(3,4)5)44(57)62-46(6,7)8/h12-14,17-19,22-24,26-27,32,40,48,51H,10-11,15-16,20-21,25H2,1-9H3,(H,50,53)(H,54,55)/t27-,40?/m1/s1.